The van der Waals surface area contributed by atoms with E-state index < -0.39 is 0 Å². The van der Waals surface area contributed by atoms with Crippen molar-refractivity contribution in [1.82, 2.24) is 20.2 Å². The van der Waals surface area contributed by atoms with Crippen LogP contribution < -0.4 is 0 Å². The Morgan fingerprint density at radius 2 is 2.35 bits per heavy atom. The molecule has 0 radical (unpaired) electrons. The minimum atomic E-state index is 0.552. The van der Waals surface area contributed by atoms with Crippen molar-refractivity contribution in [3.05, 3.63) is 29.7 Å². The zero-order chi connectivity index (χ0) is 12.1. The molecule has 86 valence electrons. The number of rotatable bonds is 4. The van der Waals surface area contributed by atoms with Crippen LogP contribution in [0.2, 0.25) is 0 Å². The molecule has 2 heterocycles. The van der Waals surface area contributed by atoms with Crippen molar-refractivity contribution in [3.63, 3.8) is 0 Å². The first kappa shape index (κ1) is 11.6. The second-order valence-electron chi connectivity index (χ2n) is 3.41. The Bertz CT molecular complexity index is 526. The fourth-order valence-electron chi connectivity index (χ4n) is 1.27. The van der Waals surface area contributed by atoms with Crippen molar-refractivity contribution >= 4 is 11.8 Å². The summed E-state index contributed by atoms with van der Waals surface area (Å²) in [6.07, 6.45) is 3.48. The number of nitriles is 1. The summed E-state index contributed by atoms with van der Waals surface area (Å²) in [5.41, 5.74) is 0.552. The normalized spacial score (nSPS) is 10.1. The summed E-state index contributed by atoms with van der Waals surface area (Å²) in [6, 6.07) is 5.55. The van der Waals surface area contributed by atoms with Crippen molar-refractivity contribution in [2.24, 2.45) is 0 Å². The van der Waals surface area contributed by atoms with E-state index in [1.165, 1.54) is 11.8 Å². The van der Waals surface area contributed by atoms with Crippen molar-refractivity contribution in [2.45, 2.75) is 29.9 Å². The van der Waals surface area contributed by atoms with Crippen molar-refractivity contribution < 1.29 is 0 Å². The summed E-state index contributed by atoms with van der Waals surface area (Å²) in [5, 5.41) is 17.1. The summed E-state index contributed by atoms with van der Waals surface area (Å²) in [4.78, 5) is 8.48. The average Bonchev–Trinajstić information content (AvgIpc) is 2.78. The van der Waals surface area contributed by atoms with Gasteiger partial charge in [0.25, 0.3) is 0 Å². The molecule has 0 saturated carbocycles. The van der Waals surface area contributed by atoms with Gasteiger partial charge < -0.3 is 0 Å². The highest BCUT2D eigenvalue weighted by Gasteiger charge is 2.05. The molecule has 0 amide bonds. The largest absolute Gasteiger partial charge is 0.262 e. The zero-order valence-corrected chi connectivity index (χ0v) is 10.2. The van der Waals surface area contributed by atoms with Gasteiger partial charge >= 0.3 is 0 Å². The number of nitrogens with zero attached hydrogens (tertiary/aromatic N) is 4. The third-order valence-electron chi connectivity index (χ3n) is 2.06. The molecule has 5 nitrogen and oxygen atoms in total. The minimum absolute atomic E-state index is 0.552. The third-order valence-corrected chi connectivity index (χ3v) is 2.88. The number of nitrogens with one attached hydrogen (secondary N) is 1. The lowest BCUT2D eigenvalue weighted by Gasteiger charge is -1.94. The number of aromatic nitrogens is 4. The van der Waals surface area contributed by atoms with Gasteiger partial charge in [-0.25, -0.2) is 9.97 Å². The molecule has 0 spiro atoms. The minimum Gasteiger partial charge on any atom is -0.262 e. The number of aromatic amines is 1. The van der Waals surface area contributed by atoms with E-state index in [1.807, 2.05) is 6.07 Å². The Morgan fingerprint density at radius 3 is 3.00 bits per heavy atom. The topological polar surface area (TPSA) is 78.2 Å². The van der Waals surface area contributed by atoms with E-state index in [-0.39, 0.29) is 0 Å². The Morgan fingerprint density at radius 1 is 1.47 bits per heavy atom. The van der Waals surface area contributed by atoms with Gasteiger partial charge in [-0.15, -0.1) is 5.10 Å². The molecule has 0 aliphatic carbocycles. The van der Waals surface area contributed by atoms with E-state index in [2.05, 4.69) is 27.1 Å². The van der Waals surface area contributed by atoms with E-state index in [4.69, 9.17) is 5.26 Å². The van der Waals surface area contributed by atoms with Gasteiger partial charge in [0, 0.05) is 12.6 Å². The lowest BCUT2D eigenvalue weighted by atomic mass is 10.3. The van der Waals surface area contributed by atoms with E-state index >= 15 is 0 Å². The molecule has 0 aromatic carbocycles. The summed E-state index contributed by atoms with van der Waals surface area (Å²) < 4.78 is 0. The second kappa shape index (κ2) is 5.46. The SMILES string of the molecule is CCCc1nc(Sc2ccc(C#N)cn2)n[nH]1. The quantitative estimate of drug-likeness (QED) is 0.893. The van der Waals surface area contributed by atoms with Crippen LogP contribution in [0.5, 0.6) is 0 Å². The number of hydrogen-bond donors (Lipinski definition) is 1. The van der Waals surface area contributed by atoms with Gasteiger partial charge in [0.15, 0.2) is 0 Å². The summed E-state index contributed by atoms with van der Waals surface area (Å²) in [6.45, 7) is 2.09. The zero-order valence-electron chi connectivity index (χ0n) is 9.34. The number of pyridine rings is 1. The molecule has 0 aliphatic heterocycles. The molecule has 0 fully saturated rings. The van der Waals surface area contributed by atoms with E-state index in [9.17, 15) is 0 Å². The van der Waals surface area contributed by atoms with Crippen LogP contribution in [0.1, 0.15) is 24.7 Å². The smallest absolute Gasteiger partial charge is 0.214 e. The summed E-state index contributed by atoms with van der Waals surface area (Å²) in [5.74, 6) is 0.892. The molecular weight excluding hydrogens is 234 g/mol. The van der Waals surface area contributed by atoms with E-state index in [0.29, 0.717) is 10.7 Å². The highest BCUT2D eigenvalue weighted by Crippen LogP contribution is 2.22. The first-order chi connectivity index (χ1) is 8.31. The standard InChI is InChI=1S/C11H11N5S/c1-2-3-9-14-11(16-15-9)17-10-5-4-8(6-12)7-13-10/h4-5,7H,2-3H2,1H3,(H,14,15,16). The van der Waals surface area contributed by atoms with Crippen LogP contribution in [-0.4, -0.2) is 20.2 Å². The molecule has 0 bridgehead atoms. The highest BCUT2D eigenvalue weighted by molar-refractivity contribution is 7.99. The molecule has 0 atom stereocenters. The van der Waals surface area contributed by atoms with Crippen molar-refractivity contribution in [1.29, 1.82) is 5.26 Å². The Balaban J connectivity index is 2.06. The first-order valence-corrected chi connectivity index (χ1v) is 6.08. The van der Waals surface area contributed by atoms with Gasteiger partial charge in [0.05, 0.1) is 5.56 Å². The van der Waals surface area contributed by atoms with Gasteiger partial charge in [0.2, 0.25) is 5.16 Å². The molecule has 0 aliphatic rings. The van der Waals surface area contributed by atoms with Gasteiger partial charge in [-0.3, -0.25) is 5.10 Å². The molecule has 2 aromatic heterocycles. The van der Waals surface area contributed by atoms with Crippen molar-refractivity contribution in [2.75, 3.05) is 0 Å². The average molecular weight is 245 g/mol. The van der Waals surface area contributed by atoms with Gasteiger partial charge in [-0.05, 0) is 30.3 Å². The van der Waals surface area contributed by atoms with Crippen LogP contribution in [0.4, 0.5) is 0 Å². The summed E-state index contributed by atoms with van der Waals surface area (Å²) in [7, 11) is 0. The van der Waals surface area contributed by atoms with E-state index in [0.717, 1.165) is 23.7 Å². The van der Waals surface area contributed by atoms with E-state index in [1.54, 1.807) is 18.3 Å². The highest BCUT2D eigenvalue weighted by atomic mass is 32.2. The molecule has 6 heteroatoms. The predicted molar refractivity (Wildman–Crippen MR) is 63.5 cm³/mol. The Kier molecular flexibility index (Phi) is 3.73. The second-order valence-corrected chi connectivity index (χ2v) is 4.40. The lowest BCUT2D eigenvalue weighted by Crippen LogP contribution is -1.85. The Hall–Kier alpha value is -1.87. The fourth-order valence-corrected chi connectivity index (χ4v) is 1.95. The monoisotopic (exact) mass is 245 g/mol. The number of aryl methyl sites for hydroxylation is 1. The van der Waals surface area contributed by atoms with Crippen LogP contribution in [-0.2, 0) is 6.42 Å². The first-order valence-electron chi connectivity index (χ1n) is 5.27. The summed E-state index contributed by atoms with van der Waals surface area (Å²) >= 11 is 1.38. The molecule has 0 saturated heterocycles. The maximum Gasteiger partial charge on any atom is 0.214 e. The van der Waals surface area contributed by atoms with Crippen molar-refractivity contribution in [3.8, 4) is 6.07 Å². The third kappa shape index (κ3) is 3.04. The predicted octanol–water partition coefficient (Wildman–Crippen LogP) is 2.18. The maximum atomic E-state index is 8.65. The van der Waals surface area contributed by atoms with Gasteiger partial charge in [0.1, 0.15) is 16.9 Å². The van der Waals surface area contributed by atoms with Gasteiger partial charge in [-0.1, -0.05) is 6.92 Å². The lowest BCUT2D eigenvalue weighted by molar-refractivity contribution is 0.840. The molecule has 17 heavy (non-hydrogen) atoms. The fraction of sp³-hybridized carbons (Fsp3) is 0.273. The Labute approximate surface area is 103 Å². The molecular formula is C11H11N5S. The molecule has 2 aromatic rings. The number of hydrogen-bond acceptors (Lipinski definition) is 5. The molecule has 1 N–H and O–H groups in total. The van der Waals surface area contributed by atoms with Crippen LogP contribution in [0, 0.1) is 11.3 Å². The van der Waals surface area contributed by atoms with Crippen LogP contribution in [0.15, 0.2) is 28.5 Å². The van der Waals surface area contributed by atoms with Gasteiger partial charge in [-0.2, -0.15) is 5.26 Å². The molecule has 0 unspecified atom stereocenters. The maximum absolute atomic E-state index is 8.65. The number of H-pyrrole nitrogens is 1. The molecule has 2 rings (SSSR count). The van der Waals surface area contributed by atoms with Crippen LogP contribution >= 0.6 is 11.8 Å². The van der Waals surface area contributed by atoms with Crippen LogP contribution in [0.3, 0.4) is 0 Å². The van der Waals surface area contributed by atoms with Crippen LogP contribution in [0.25, 0.3) is 0 Å².